The van der Waals surface area contributed by atoms with Crippen LogP contribution in [0.3, 0.4) is 0 Å². The van der Waals surface area contributed by atoms with Crippen LogP contribution in [0.4, 0.5) is 10.6 Å². The van der Waals surface area contributed by atoms with Crippen molar-refractivity contribution in [3.63, 3.8) is 0 Å². The summed E-state index contributed by atoms with van der Waals surface area (Å²) >= 11 is 0. The molecule has 2 rings (SSSR count). The molecule has 0 radical (unpaired) electrons. The lowest BCUT2D eigenvalue weighted by Gasteiger charge is -2.17. The second-order valence-electron chi connectivity index (χ2n) is 3.99. The Morgan fingerprint density at radius 1 is 1.56 bits per heavy atom. The van der Waals surface area contributed by atoms with Crippen molar-refractivity contribution in [3.05, 3.63) is 18.6 Å². The molecule has 96 valence electrons. The van der Waals surface area contributed by atoms with Gasteiger partial charge in [0, 0.05) is 26.3 Å². The molecule has 0 aliphatic rings. The number of hydrogen-bond acceptors (Lipinski definition) is 5. The average molecular weight is 248 g/mol. The van der Waals surface area contributed by atoms with E-state index in [1.807, 2.05) is 7.05 Å². The van der Waals surface area contributed by atoms with E-state index in [0.717, 1.165) is 6.54 Å². The highest BCUT2D eigenvalue weighted by Crippen LogP contribution is 2.17. The van der Waals surface area contributed by atoms with E-state index in [0.29, 0.717) is 23.4 Å². The SMILES string of the molecule is CNCCN(C)C(=O)n1ccc2c(N)ncnc21. The van der Waals surface area contributed by atoms with Gasteiger partial charge in [-0.25, -0.2) is 14.8 Å². The molecule has 7 heteroatoms. The van der Waals surface area contributed by atoms with Crippen LogP contribution in [0.15, 0.2) is 18.6 Å². The zero-order valence-corrected chi connectivity index (χ0v) is 10.4. The van der Waals surface area contributed by atoms with Gasteiger partial charge in [0.15, 0.2) is 5.65 Å². The summed E-state index contributed by atoms with van der Waals surface area (Å²) in [7, 11) is 3.59. The summed E-state index contributed by atoms with van der Waals surface area (Å²) in [6.07, 6.45) is 3.02. The van der Waals surface area contributed by atoms with Gasteiger partial charge in [-0.05, 0) is 13.1 Å². The summed E-state index contributed by atoms with van der Waals surface area (Å²) < 4.78 is 1.48. The first-order chi connectivity index (χ1) is 8.65. The number of carbonyl (C=O) groups excluding carboxylic acids is 1. The minimum atomic E-state index is -0.140. The Kier molecular flexibility index (Phi) is 3.42. The second kappa shape index (κ2) is 5.01. The third kappa shape index (κ3) is 2.12. The van der Waals surface area contributed by atoms with Gasteiger partial charge < -0.3 is 16.0 Å². The van der Waals surface area contributed by atoms with Gasteiger partial charge in [0.1, 0.15) is 12.1 Å². The fraction of sp³-hybridized carbons (Fsp3) is 0.364. The summed E-state index contributed by atoms with van der Waals surface area (Å²) in [6.45, 7) is 1.36. The van der Waals surface area contributed by atoms with Gasteiger partial charge in [0.25, 0.3) is 0 Å². The lowest BCUT2D eigenvalue weighted by molar-refractivity contribution is 0.212. The van der Waals surface area contributed by atoms with Gasteiger partial charge >= 0.3 is 6.03 Å². The number of carbonyl (C=O) groups is 1. The van der Waals surface area contributed by atoms with Crippen LogP contribution in [0.1, 0.15) is 0 Å². The first-order valence-corrected chi connectivity index (χ1v) is 5.62. The van der Waals surface area contributed by atoms with Gasteiger partial charge in [-0.15, -0.1) is 0 Å². The molecule has 1 amide bonds. The van der Waals surface area contributed by atoms with E-state index in [2.05, 4.69) is 15.3 Å². The fourth-order valence-corrected chi connectivity index (χ4v) is 1.68. The van der Waals surface area contributed by atoms with Crippen LogP contribution in [0, 0.1) is 0 Å². The van der Waals surface area contributed by atoms with E-state index in [1.54, 1.807) is 24.2 Å². The second-order valence-corrected chi connectivity index (χ2v) is 3.99. The van der Waals surface area contributed by atoms with Crippen LogP contribution < -0.4 is 11.1 Å². The van der Waals surface area contributed by atoms with Crippen molar-refractivity contribution in [2.45, 2.75) is 0 Å². The smallest absolute Gasteiger partial charge is 0.329 e. The summed E-state index contributed by atoms with van der Waals surface area (Å²) in [6, 6.07) is 1.60. The average Bonchev–Trinajstić information content (AvgIpc) is 2.80. The molecule has 0 atom stereocenters. The van der Waals surface area contributed by atoms with Crippen LogP contribution in [0.2, 0.25) is 0 Å². The van der Waals surface area contributed by atoms with Gasteiger partial charge in [0.05, 0.1) is 5.39 Å². The third-order valence-electron chi connectivity index (χ3n) is 2.74. The Labute approximate surface area is 105 Å². The van der Waals surface area contributed by atoms with E-state index < -0.39 is 0 Å². The third-order valence-corrected chi connectivity index (χ3v) is 2.74. The van der Waals surface area contributed by atoms with Crippen molar-refractivity contribution in [3.8, 4) is 0 Å². The maximum atomic E-state index is 12.2. The predicted molar refractivity (Wildman–Crippen MR) is 69.3 cm³/mol. The van der Waals surface area contributed by atoms with E-state index in [-0.39, 0.29) is 6.03 Å². The summed E-state index contributed by atoms with van der Waals surface area (Å²) in [5.74, 6) is 0.379. The number of hydrogen-bond donors (Lipinski definition) is 2. The topological polar surface area (TPSA) is 89.1 Å². The van der Waals surface area contributed by atoms with Crippen molar-refractivity contribution in [2.24, 2.45) is 0 Å². The zero-order valence-electron chi connectivity index (χ0n) is 10.4. The van der Waals surface area contributed by atoms with Crippen molar-refractivity contribution in [2.75, 3.05) is 32.9 Å². The summed E-state index contributed by atoms with van der Waals surface area (Å²) in [5, 5.41) is 3.68. The number of nitrogens with two attached hydrogens (primary N) is 1. The minimum Gasteiger partial charge on any atom is -0.383 e. The molecule has 0 aliphatic carbocycles. The number of anilines is 1. The highest BCUT2D eigenvalue weighted by molar-refractivity contribution is 5.93. The molecule has 18 heavy (non-hydrogen) atoms. The Bertz CT molecular complexity index is 564. The molecular weight excluding hydrogens is 232 g/mol. The maximum Gasteiger partial charge on any atom is 0.329 e. The molecule has 0 aromatic carbocycles. The van der Waals surface area contributed by atoms with Crippen LogP contribution in [-0.2, 0) is 0 Å². The van der Waals surface area contributed by atoms with Crippen molar-refractivity contribution in [1.29, 1.82) is 0 Å². The molecule has 2 heterocycles. The molecule has 0 unspecified atom stereocenters. The Hall–Kier alpha value is -2.15. The monoisotopic (exact) mass is 248 g/mol. The highest BCUT2D eigenvalue weighted by Gasteiger charge is 2.15. The number of rotatable bonds is 3. The highest BCUT2D eigenvalue weighted by atomic mass is 16.2. The van der Waals surface area contributed by atoms with E-state index in [4.69, 9.17) is 5.73 Å². The quantitative estimate of drug-likeness (QED) is 0.806. The molecule has 2 aromatic rings. The molecule has 2 aromatic heterocycles. The molecule has 0 fully saturated rings. The molecular formula is C11H16N6O. The Morgan fingerprint density at radius 2 is 2.33 bits per heavy atom. The molecule has 0 aliphatic heterocycles. The number of nitrogens with one attached hydrogen (secondary N) is 1. The molecule has 0 bridgehead atoms. The predicted octanol–water partition coefficient (Wildman–Crippen LogP) is 0.133. The van der Waals surface area contributed by atoms with Gasteiger partial charge in [-0.2, -0.15) is 0 Å². The summed E-state index contributed by atoms with van der Waals surface area (Å²) in [4.78, 5) is 21.8. The first kappa shape index (κ1) is 12.3. The molecule has 0 saturated carbocycles. The normalized spacial score (nSPS) is 10.8. The van der Waals surface area contributed by atoms with E-state index in [1.165, 1.54) is 10.9 Å². The fourth-order valence-electron chi connectivity index (χ4n) is 1.68. The van der Waals surface area contributed by atoms with Crippen molar-refractivity contribution < 1.29 is 4.79 Å². The van der Waals surface area contributed by atoms with Gasteiger partial charge in [0.2, 0.25) is 0 Å². The minimum absolute atomic E-state index is 0.140. The zero-order chi connectivity index (χ0) is 13.1. The van der Waals surface area contributed by atoms with E-state index >= 15 is 0 Å². The molecule has 0 spiro atoms. The standard InChI is InChI=1S/C11H16N6O/c1-13-4-6-16(2)11(18)17-5-3-8-9(12)14-7-15-10(8)17/h3,5,7,13H,4,6H2,1-2H3,(H2,12,14,15). The van der Waals surface area contributed by atoms with Crippen LogP contribution >= 0.6 is 0 Å². The molecule has 0 saturated heterocycles. The summed E-state index contributed by atoms with van der Waals surface area (Å²) in [5.41, 5.74) is 6.26. The van der Waals surface area contributed by atoms with E-state index in [9.17, 15) is 4.79 Å². The number of fused-ring (bicyclic) bond motifs is 1. The van der Waals surface area contributed by atoms with Crippen molar-refractivity contribution in [1.82, 2.24) is 24.8 Å². The number of nitrogens with zero attached hydrogens (tertiary/aromatic N) is 4. The lowest BCUT2D eigenvalue weighted by atomic mass is 10.4. The van der Waals surface area contributed by atoms with Crippen molar-refractivity contribution >= 4 is 22.9 Å². The Morgan fingerprint density at radius 3 is 3.06 bits per heavy atom. The number of amides is 1. The maximum absolute atomic E-state index is 12.2. The molecule has 7 nitrogen and oxygen atoms in total. The number of aromatic nitrogens is 3. The van der Waals surface area contributed by atoms with Gasteiger partial charge in [-0.1, -0.05) is 0 Å². The number of likely N-dealkylation sites (N-methyl/N-ethyl adjacent to an activating group) is 2. The van der Waals surface area contributed by atoms with Crippen LogP contribution in [0.25, 0.3) is 11.0 Å². The van der Waals surface area contributed by atoms with Gasteiger partial charge in [-0.3, -0.25) is 4.57 Å². The van der Waals surface area contributed by atoms with Crippen LogP contribution in [0.5, 0.6) is 0 Å². The van der Waals surface area contributed by atoms with Crippen LogP contribution in [-0.4, -0.2) is 52.7 Å². The Balaban J connectivity index is 2.31. The number of nitrogen functional groups attached to an aromatic ring is 1. The lowest BCUT2D eigenvalue weighted by Crippen LogP contribution is -2.35. The first-order valence-electron chi connectivity index (χ1n) is 5.62. The molecule has 3 N–H and O–H groups in total. The largest absolute Gasteiger partial charge is 0.383 e.